The number of aromatic nitrogens is 5. The lowest BCUT2D eigenvalue weighted by Gasteiger charge is -2.26. The lowest BCUT2D eigenvalue weighted by atomic mass is 10.1. The van der Waals surface area contributed by atoms with E-state index in [1.165, 1.54) is 9.13 Å². The third kappa shape index (κ3) is 3.85. The maximum Gasteiger partial charge on any atom is 0.408 e. The van der Waals surface area contributed by atoms with E-state index in [-0.39, 0.29) is 19.4 Å². The van der Waals surface area contributed by atoms with Crippen molar-refractivity contribution in [3.63, 3.8) is 0 Å². The molecular formula is C27H23F3N6O2. The van der Waals surface area contributed by atoms with E-state index in [9.17, 15) is 22.8 Å². The molecule has 0 unspecified atom stereocenters. The molecule has 11 heteroatoms. The summed E-state index contributed by atoms with van der Waals surface area (Å²) >= 11 is 0. The van der Waals surface area contributed by atoms with Crippen LogP contribution < -0.4 is 5.69 Å². The van der Waals surface area contributed by atoms with Crippen molar-refractivity contribution in [3.8, 4) is 16.9 Å². The summed E-state index contributed by atoms with van der Waals surface area (Å²) in [6.07, 6.45) is 0.873. The number of carbonyl (C=O) groups is 1. The number of pyridine rings is 2. The maximum absolute atomic E-state index is 13.6. The number of nitrogens with zero attached hydrogens (tertiary/aromatic N) is 6. The van der Waals surface area contributed by atoms with Crippen molar-refractivity contribution >= 4 is 22.5 Å². The minimum absolute atomic E-state index is 0.0159. The smallest absolute Gasteiger partial charge is 0.329 e. The second-order valence-corrected chi connectivity index (χ2v) is 9.43. The monoisotopic (exact) mass is 520 g/mol. The van der Waals surface area contributed by atoms with E-state index in [2.05, 4.69) is 10.1 Å². The van der Waals surface area contributed by atoms with E-state index in [1.807, 2.05) is 43.5 Å². The molecule has 5 heterocycles. The minimum Gasteiger partial charge on any atom is -0.329 e. The van der Waals surface area contributed by atoms with E-state index in [4.69, 9.17) is 0 Å². The Morgan fingerprint density at radius 2 is 1.87 bits per heavy atom. The van der Waals surface area contributed by atoms with Crippen LogP contribution in [-0.4, -0.2) is 53.3 Å². The van der Waals surface area contributed by atoms with Crippen LogP contribution in [0.25, 0.3) is 33.5 Å². The van der Waals surface area contributed by atoms with Gasteiger partial charge in [0.25, 0.3) is 0 Å². The predicted octanol–water partition coefficient (Wildman–Crippen LogP) is 4.36. The molecule has 1 atom stereocenters. The van der Waals surface area contributed by atoms with Crippen LogP contribution in [0.3, 0.4) is 0 Å². The molecule has 194 valence electrons. The molecule has 1 aliphatic rings. The summed E-state index contributed by atoms with van der Waals surface area (Å²) in [6, 6.07) is 12.7. The maximum atomic E-state index is 13.6. The van der Waals surface area contributed by atoms with Gasteiger partial charge in [-0.2, -0.15) is 18.3 Å². The molecular weight excluding hydrogens is 497 g/mol. The first-order valence-electron chi connectivity index (χ1n) is 12.2. The van der Waals surface area contributed by atoms with Gasteiger partial charge >= 0.3 is 11.9 Å². The van der Waals surface area contributed by atoms with E-state index in [0.717, 1.165) is 27.1 Å². The largest absolute Gasteiger partial charge is 0.408 e. The number of benzene rings is 1. The van der Waals surface area contributed by atoms with Crippen molar-refractivity contribution in [2.45, 2.75) is 38.5 Å². The van der Waals surface area contributed by atoms with Gasteiger partial charge in [0, 0.05) is 30.1 Å². The van der Waals surface area contributed by atoms with Crippen LogP contribution in [0.1, 0.15) is 18.4 Å². The van der Waals surface area contributed by atoms with Gasteiger partial charge in [0.1, 0.15) is 18.4 Å². The number of halogens is 3. The summed E-state index contributed by atoms with van der Waals surface area (Å²) in [5.74, 6) is -0.390. The SMILES string of the molecule is Cc1cccc2c1n(-c1ccc(-c3cnn4ccccc34)cn1)c(=O)n2CC(=O)N1CCC[C@H]1C(F)(F)F. The average molecular weight is 521 g/mol. The molecule has 1 amide bonds. The number of fused-ring (bicyclic) bond motifs is 2. The molecule has 8 nitrogen and oxygen atoms in total. The molecule has 1 aromatic carbocycles. The molecule has 6 rings (SSSR count). The highest BCUT2D eigenvalue weighted by Crippen LogP contribution is 2.33. The number of para-hydroxylation sites is 1. The summed E-state index contributed by atoms with van der Waals surface area (Å²) in [5.41, 5.74) is 3.84. The quantitative estimate of drug-likeness (QED) is 0.353. The van der Waals surface area contributed by atoms with Crippen molar-refractivity contribution in [3.05, 3.63) is 83.2 Å². The lowest BCUT2D eigenvalue weighted by Crippen LogP contribution is -2.46. The van der Waals surface area contributed by atoms with E-state index in [1.54, 1.807) is 35.1 Å². The van der Waals surface area contributed by atoms with Gasteiger partial charge in [-0.3, -0.25) is 9.36 Å². The van der Waals surface area contributed by atoms with Gasteiger partial charge in [0.15, 0.2) is 0 Å². The number of likely N-dealkylation sites (tertiary alicyclic amines) is 1. The first kappa shape index (κ1) is 24.0. The minimum atomic E-state index is -4.51. The average Bonchev–Trinajstić information content (AvgIpc) is 3.62. The molecule has 0 bridgehead atoms. The molecule has 0 spiro atoms. The van der Waals surface area contributed by atoms with Crippen LogP contribution in [0.2, 0.25) is 0 Å². The Labute approximate surface area is 214 Å². The second kappa shape index (κ2) is 8.86. The third-order valence-electron chi connectivity index (χ3n) is 7.11. The Morgan fingerprint density at radius 1 is 1.05 bits per heavy atom. The third-order valence-corrected chi connectivity index (χ3v) is 7.11. The Bertz CT molecular complexity index is 1730. The fraction of sp³-hybridized carbons (Fsp3) is 0.259. The summed E-state index contributed by atoms with van der Waals surface area (Å²) < 4.78 is 44.8. The fourth-order valence-electron chi connectivity index (χ4n) is 5.30. The van der Waals surface area contributed by atoms with Crippen LogP contribution in [0, 0.1) is 6.92 Å². The van der Waals surface area contributed by atoms with Crippen molar-refractivity contribution in [1.29, 1.82) is 0 Å². The summed E-state index contributed by atoms with van der Waals surface area (Å²) in [6.45, 7) is 1.36. The van der Waals surface area contributed by atoms with E-state index < -0.39 is 30.4 Å². The molecule has 1 fully saturated rings. The van der Waals surface area contributed by atoms with Gasteiger partial charge < -0.3 is 4.90 Å². The Balaban J connectivity index is 1.40. The molecule has 0 aliphatic carbocycles. The number of aryl methyl sites for hydroxylation is 1. The Hall–Kier alpha value is -4.41. The number of rotatable bonds is 4. The van der Waals surface area contributed by atoms with Gasteiger partial charge in [-0.1, -0.05) is 18.2 Å². The van der Waals surface area contributed by atoms with Gasteiger partial charge in [-0.25, -0.2) is 18.9 Å². The van der Waals surface area contributed by atoms with Gasteiger partial charge in [0.2, 0.25) is 5.91 Å². The molecule has 1 saturated heterocycles. The number of carbonyl (C=O) groups excluding carboxylic acids is 1. The molecule has 0 radical (unpaired) electrons. The van der Waals surface area contributed by atoms with Crippen LogP contribution >= 0.6 is 0 Å². The Morgan fingerprint density at radius 3 is 2.63 bits per heavy atom. The van der Waals surface area contributed by atoms with E-state index >= 15 is 0 Å². The molecule has 5 aromatic rings. The van der Waals surface area contributed by atoms with Crippen LogP contribution in [0.4, 0.5) is 13.2 Å². The molecule has 1 aliphatic heterocycles. The highest BCUT2D eigenvalue weighted by Gasteiger charge is 2.47. The predicted molar refractivity (Wildman–Crippen MR) is 135 cm³/mol. The summed E-state index contributed by atoms with van der Waals surface area (Å²) in [7, 11) is 0. The van der Waals surface area contributed by atoms with Crippen molar-refractivity contribution in [2.75, 3.05) is 6.54 Å². The van der Waals surface area contributed by atoms with E-state index in [0.29, 0.717) is 16.9 Å². The Kier molecular flexibility index (Phi) is 5.59. The molecule has 4 aromatic heterocycles. The highest BCUT2D eigenvalue weighted by atomic mass is 19.4. The number of imidazole rings is 1. The summed E-state index contributed by atoms with van der Waals surface area (Å²) in [5, 5.41) is 4.35. The van der Waals surface area contributed by atoms with Gasteiger partial charge in [0.05, 0.1) is 22.7 Å². The van der Waals surface area contributed by atoms with Gasteiger partial charge in [-0.15, -0.1) is 0 Å². The summed E-state index contributed by atoms with van der Waals surface area (Å²) in [4.78, 5) is 32.0. The van der Waals surface area contributed by atoms with Crippen LogP contribution in [-0.2, 0) is 11.3 Å². The zero-order chi connectivity index (χ0) is 26.6. The molecule has 0 saturated carbocycles. The number of alkyl halides is 3. The number of hydrogen-bond donors (Lipinski definition) is 0. The van der Waals surface area contributed by atoms with Crippen molar-refractivity contribution < 1.29 is 18.0 Å². The topological polar surface area (TPSA) is 77.4 Å². The van der Waals surface area contributed by atoms with Crippen LogP contribution in [0.5, 0.6) is 0 Å². The lowest BCUT2D eigenvalue weighted by molar-refractivity contribution is -0.182. The highest BCUT2D eigenvalue weighted by molar-refractivity contribution is 5.85. The van der Waals surface area contributed by atoms with Crippen molar-refractivity contribution in [1.82, 2.24) is 28.6 Å². The number of amides is 1. The zero-order valence-corrected chi connectivity index (χ0v) is 20.4. The van der Waals surface area contributed by atoms with Gasteiger partial charge in [-0.05, 0) is 55.7 Å². The first-order chi connectivity index (χ1) is 18.2. The van der Waals surface area contributed by atoms with Crippen LogP contribution in [0.15, 0.2) is 71.9 Å². The number of hydrogen-bond acceptors (Lipinski definition) is 4. The van der Waals surface area contributed by atoms with Crippen molar-refractivity contribution in [2.24, 2.45) is 0 Å². The normalized spacial score (nSPS) is 16.1. The molecule has 38 heavy (non-hydrogen) atoms. The zero-order valence-electron chi connectivity index (χ0n) is 20.4. The first-order valence-corrected chi connectivity index (χ1v) is 12.2. The fourth-order valence-corrected chi connectivity index (χ4v) is 5.30. The standard InChI is InChI=1S/C27H23F3N6O2/c1-17-6-4-8-21-25(17)36(26(38)34(21)16-24(37)33-12-5-9-22(33)27(28,29)30)23-11-10-18(14-31-23)19-15-32-35-13-3-2-7-20(19)35/h2-4,6-8,10-11,13-15,22H,5,9,12,16H2,1H3/t22-/m0/s1. The second-order valence-electron chi connectivity index (χ2n) is 9.43. The molecule has 0 N–H and O–H groups in total.